The van der Waals surface area contributed by atoms with Crippen LogP contribution in [0.3, 0.4) is 0 Å². The lowest BCUT2D eigenvalue weighted by molar-refractivity contribution is -0.660. The summed E-state index contributed by atoms with van der Waals surface area (Å²) in [6.07, 6.45) is 2.15. The Kier molecular flexibility index (Phi) is 3.42. The van der Waals surface area contributed by atoms with Crippen LogP contribution in [0.15, 0.2) is 59.1 Å². The van der Waals surface area contributed by atoms with Crippen molar-refractivity contribution in [3.63, 3.8) is 0 Å². The molecule has 0 saturated carbocycles. The van der Waals surface area contributed by atoms with E-state index >= 15 is 0 Å². The number of para-hydroxylation sites is 1. The monoisotopic (exact) mass is 316 g/mol. The number of hydrogen-bond donors (Lipinski definition) is 0. The molecule has 4 aromatic rings. The van der Waals surface area contributed by atoms with Crippen molar-refractivity contribution < 1.29 is 8.98 Å². The zero-order valence-corrected chi connectivity index (χ0v) is 14.6. The van der Waals surface area contributed by atoms with Gasteiger partial charge in [-0.2, -0.15) is 0 Å². The minimum Gasteiger partial charge on any atom is -0.456 e. The van der Waals surface area contributed by atoms with Crippen LogP contribution in [0.2, 0.25) is 0 Å². The van der Waals surface area contributed by atoms with E-state index in [1.165, 1.54) is 33.2 Å². The van der Waals surface area contributed by atoms with Crippen LogP contribution in [-0.4, -0.2) is 0 Å². The molecule has 2 nitrogen and oxygen atoms in total. The van der Waals surface area contributed by atoms with Crippen molar-refractivity contribution in [2.24, 2.45) is 7.05 Å². The molecule has 0 bridgehead atoms. The Morgan fingerprint density at radius 1 is 0.917 bits per heavy atom. The molecule has 2 heteroatoms. The largest absolute Gasteiger partial charge is 0.456 e. The van der Waals surface area contributed by atoms with Crippen molar-refractivity contribution in [1.82, 2.24) is 0 Å². The van der Waals surface area contributed by atoms with Gasteiger partial charge < -0.3 is 4.42 Å². The first-order valence-electron chi connectivity index (χ1n) is 8.46. The zero-order valence-electron chi connectivity index (χ0n) is 14.6. The SMILES string of the molecule is Cc1cc2c(cc1-c1cc(C(C)C)cc[n+]1C)oc1ccccc12. The van der Waals surface area contributed by atoms with Crippen molar-refractivity contribution in [3.05, 3.63) is 65.9 Å². The Balaban J connectivity index is 1.99. The van der Waals surface area contributed by atoms with Gasteiger partial charge in [0.2, 0.25) is 5.69 Å². The van der Waals surface area contributed by atoms with Gasteiger partial charge in [0.25, 0.3) is 0 Å². The lowest BCUT2D eigenvalue weighted by Crippen LogP contribution is -2.30. The summed E-state index contributed by atoms with van der Waals surface area (Å²) in [7, 11) is 2.10. The summed E-state index contributed by atoms with van der Waals surface area (Å²) in [5, 5.41) is 2.37. The number of nitrogens with zero attached hydrogens (tertiary/aromatic N) is 1. The number of fused-ring (bicyclic) bond motifs is 3. The number of pyridine rings is 1. The van der Waals surface area contributed by atoms with Crippen LogP contribution in [0.5, 0.6) is 0 Å². The maximum absolute atomic E-state index is 6.08. The fraction of sp³-hybridized carbons (Fsp3) is 0.227. The first-order valence-corrected chi connectivity index (χ1v) is 8.46. The van der Waals surface area contributed by atoms with Crippen LogP contribution < -0.4 is 4.57 Å². The molecule has 0 aliphatic carbocycles. The van der Waals surface area contributed by atoms with Crippen molar-refractivity contribution in [1.29, 1.82) is 0 Å². The average Bonchev–Trinajstić information content (AvgIpc) is 2.92. The summed E-state index contributed by atoms with van der Waals surface area (Å²) in [6, 6.07) is 17.2. The predicted molar refractivity (Wildman–Crippen MR) is 99.2 cm³/mol. The van der Waals surface area contributed by atoms with Crippen molar-refractivity contribution in [3.8, 4) is 11.3 Å². The second-order valence-corrected chi connectivity index (χ2v) is 6.87. The molecular formula is C22H22NO+. The molecule has 0 saturated heterocycles. The number of aryl methyl sites for hydroxylation is 2. The Labute approximate surface area is 142 Å². The number of hydrogen-bond acceptors (Lipinski definition) is 1. The zero-order chi connectivity index (χ0) is 16.8. The molecule has 120 valence electrons. The molecular weight excluding hydrogens is 294 g/mol. The summed E-state index contributed by atoms with van der Waals surface area (Å²) in [4.78, 5) is 0. The molecule has 0 spiro atoms. The second-order valence-electron chi connectivity index (χ2n) is 6.87. The molecule has 0 atom stereocenters. The Bertz CT molecular complexity index is 1060. The highest BCUT2D eigenvalue weighted by Gasteiger charge is 2.17. The first kappa shape index (κ1) is 14.9. The third-order valence-electron chi connectivity index (χ3n) is 4.84. The normalized spacial score (nSPS) is 11.7. The van der Waals surface area contributed by atoms with Crippen LogP contribution in [0.25, 0.3) is 33.2 Å². The molecule has 0 N–H and O–H groups in total. The van der Waals surface area contributed by atoms with E-state index in [-0.39, 0.29) is 0 Å². The number of benzene rings is 2. The van der Waals surface area contributed by atoms with Crippen molar-refractivity contribution >= 4 is 21.9 Å². The van der Waals surface area contributed by atoms with Gasteiger partial charge in [-0.15, -0.1) is 0 Å². The highest BCUT2D eigenvalue weighted by molar-refractivity contribution is 6.06. The molecule has 2 aromatic carbocycles. The van der Waals surface area contributed by atoms with Crippen molar-refractivity contribution in [2.75, 3.05) is 0 Å². The topological polar surface area (TPSA) is 17.0 Å². The fourth-order valence-corrected chi connectivity index (χ4v) is 3.37. The van der Waals surface area contributed by atoms with E-state index in [0.717, 1.165) is 11.2 Å². The molecule has 2 aromatic heterocycles. The minimum atomic E-state index is 0.514. The molecule has 24 heavy (non-hydrogen) atoms. The summed E-state index contributed by atoms with van der Waals surface area (Å²) in [5.74, 6) is 0.514. The van der Waals surface area contributed by atoms with Crippen LogP contribution in [0.4, 0.5) is 0 Å². The molecule has 0 unspecified atom stereocenters. The van der Waals surface area contributed by atoms with E-state index in [1.54, 1.807) is 0 Å². The standard InChI is InChI=1S/C22H22NO/c1-14(2)16-9-10-23(4)20(12-16)18-13-22-19(11-15(18)3)17-7-5-6-8-21(17)24-22/h5-14H,1-4H3/q+1. The van der Waals surface area contributed by atoms with E-state index in [4.69, 9.17) is 4.42 Å². The second kappa shape index (κ2) is 5.48. The van der Waals surface area contributed by atoms with Gasteiger partial charge in [0.15, 0.2) is 6.20 Å². The van der Waals surface area contributed by atoms with Gasteiger partial charge in [0, 0.05) is 22.9 Å². The van der Waals surface area contributed by atoms with Crippen molar-refractivity contribution in [2.45, 2.75) is 26.7 Å². The molecule has 0 fully saturated rings. The third-order valence-corrected chi connectivity index (χ3v) is 4.84. The summed E-state index contributed by atoms with van der Waals surface area (Å²) >= 11 is 0. The summed E-state index contributed by atoms with van der Waals surface area (Å²) < 4.78 is 8.26. The fourth-order valence-electron chi connectivity index (χ4n) is 3.37. The quantitative estimate of drug-likeness (QED) is 0.446. The molecule has 0 aliphatic heterocycles. The molecule has 0 aliphatic rings. The number of aromatic nitrogens is 1. The van der Waals surface area contributed by atoms with E-state index in [2.05, 4.69) is 75.0 Å². The Hall–Kier alpha value is -2.61. The molecule has 4 rings (SSSR count). The average molecular weight is 316 g/mol. The van der Waals surface area contributed by atoms with Crippen LogP contribution in [-0.2, 0) is 7.05 Å². The Morgan fingerprint density at radius 3 is 2.50 bits per heavy atom. The molecule has 0 radical (unpaired) electrons. The smallest absolute Gasteiger partial charge is 0.212 e. The van der Waals surface area contributed by atoms with Gasteiger partial charge in [-0.3, -0.25) is 0 Å². The highest BCUT2D eigenvalue weighted by atomic mass is 16.3. The van der Waals surface area contributed by atoms with Gasteiger partial charge in [-0.1, -0.05) is 32.0 Å². The molecule has 0 amide bonds. The van der Waals surface area contributed by atoms with E-state index < -0.39 is 0 Å². The van der Waals surface area contributed by atoms with Crippen LogP contribution >= 0.6 is 0 Å². The highest BCUT2D eigenvalue weighted by Crippen LogP contribution is 2.34. The Morgan fingerprint density at radius 2 is 1.71 bits per heavy atom. The van der Waals surface area contributed by atoms with Gasteiger partial charge in [-0.05, 0) is 42.2 Å². The third kappa shape index (κ3) is 2.30. The first-order chi connectivity index (χ1) is 11.5. The lowest BCUT2D eigenvalue weighted by atomic mass is 9.97. The lowest BCUT2D eigenvalue weighted by Gasteiger charge is -2.09. The van der Waals surface area contributed by atoms with E-state index in [0.29, 0.717) is 5.92 Å². The minimum absolute atomic E-state index is 0.514. The van der Waals surface area contributed by atoms with E-state index in [1.807, 2.05) is 12.1 Å². The van der Waals surface area contributed by atoms with Gasteiger partial charge in [0.05, 0.1) is 5.56 Å². The number of furan rings is 1. The predicted octanol–water partition coefficient (Wildman–Crippen LogP) is 5.51. The van der Waals surface area contributed by atoms with Crippen LogP contribution in [0.1, 0.15) is 30.9 Å². The number of rotatable bonds is 2. The van der Waals surface area contributed by atoms with E-state index in [9.17, 15) is 0 Å². The van der Waals surface area contributed by atoms with Gasteiger partial charge in [0.1, 0.15) is 18.2 Å². The summed E-state index contributed by atoms with van der Waals surface area (Å²) in [5.41, 5.74) is 6.97. The maximum Gasteiger partial charge on any atom is 0.212 e. The maximum atomic E-state index is 6.08. The summed E-state index contributed by atoms with van der Waals surface area (Å²) in [6.45, 7) is 6.64. The molecule has 2 heterocycles. The van der Waals surface area contributed by atoms with Gasteiger partial charge >= 0.3 is 0 Å². The van der Waals surface area contributed by atoms with Crippen LogP contribution in [0, 0.1) is 6.92 Å². The van der Waals surface area contributed by atoms with Gasteiger partial charge in [-0.25, -0.2) is 4.57 Å².